The molecule has 0 aliphatic rings. The molecule has 0 unspecified atom stereocenters. The molecule has 142 valence electrons. The SMILES string of the molecule is CN(C)S(=O)(=O)c1ccc(OCc2cn(C/C(F)=C/CN)nn2)c(Cl)c1. The maximum Gasteiger partial charge on any atom is 0.242 e. The van der Waals surface area contributed by atoms with E-state index in [1.54, 1.807) is 0 Å². The molecule has 0 fully saturated rings. The van der Waals surface area contributed by atoms with Crippen LogP contribution in [0.15, 0.2) is 41.2 Å². The number of aromatic nitrogens is 3. The average molecular weight is 404 g/mol. The van der Waals surface area contributed by atoms with Crippen LogP contribution in [-0.4, -0.2) is 48.4 Å². The molecule has 0 saturated carbocycles. The Balaban J connectivity index is 2.04. The van der Waals surface area contributed by atoms with Gasteiger partial charge in [-0.15, -0.1) is 5.10 Å². The van der Waals surface area contributed by atoms with E-state index in [9.17, 15) is 12.8 Å². The van der Waals surface area contributed by atoms with Gasteiger partial charge in [-0.25, -0.2) is 21.8 Å². The number of nitrogens with zero attached hydrogens (tertiary/aromatic N) is 4. The van der Waals surface area contributed by atoms with E-state index in [0.717, 1.165) is 4.31 Å². The summed E-state index contributed by atoms with van der Waals surface area (Å²) in [6.07, 6.45) is 2.78. The summed E-state index contributed by atoms with van der Waals surface area (Å²) in [5.74, 6) is -0.112. The maximum absolute atomic E-state index is 13.4. The highest BCUT2D eigenvalue weighted by Crippen LogP contribution is 2.28. The lowest BCUT2D eigenvalue weighted by molar-refractivity contribution is 0.301. The molecule has 0 spiro atoms. The third kappa shape index (κ3) is 5.01. The zero-order valence-corrected chi connectivity index (χ0v) is 15.8. The van der Waals surface area contributed by atoms with Crippen molar-refractivity contribution in [2.45, 2.75) is 18.0 Å². The zero-order valence-electron chi connectivity index (χ0n) is 14.3. The van der Waals surface area contributed by atoms with E-state index in [1.165, 1.54) is 49.2 Å². The Morgan fingerprint density at radius 3 is 2.81 bits per heavy atom. The lowest BCUT2D eigenvalue weighted by Gasteiger charge is -2.13. The molecule has 0 amide bonds. The average Bonchev–Trinajstić information content (AvgIpc) is 3.01. The number of hydrogen-bond donors (Lipinski definition) is 1. The summed E-state index contributed by atoms with van der Waals surface area (Å²) in [4.78, 5) is 0.0629. The third-order valence-corrected chi connectivity index (χ3v) is 5.40. The zero-order chi connectivity index (χ0) is 19.3. The van der Waals surface area contributed by atoms with Gasteiger partial charge >= 0.3 is 0 Å². The van der Waals surface area contributed by atoms with Gasteiger partial charge in [0.2, 0.25) is 10.0 Å². The van der Waals surface area contributed by atoms with Crippen LogP contribution >= 0.6 is 11.6 Å². The minimum Gasteiger partial charge on any atom is -0.486 e. The van der Waals surface area contributed by atoms with Gasteiger partial charge in [-0.1, -0.05) is 16.8 Å². The fourth-order valence-corrected chi connectivity index (χ4v) is 3.18. The number of sulfonamides is 1. The molecule has 0 radical (unpaired) electrons. The van der Waals surface area contributed by atoms with Gasteiger partial charge in [0.1, 0.15) is 23.9 Å². The summed E-state index contributed by atoms with van der Waals surface area (Å²) in [5, 5.41) is 7.81. The first-order chi connectivity index (χ1) is 12.2. The first-order valence-corrected chi connectivity index (χ1v) is 9.34. The molecule has 0 aliphatic carbocycles. The molecule has 1 aromatic carbocycles. The summed E-state index contributed by atoms with van der Waals surface area (Å²) in [5.41, 5.74) is 5.70. The van der Waals surface area contributed by atoms with Gasteiger partial charge in [-0.2, -0.15) is 0 Å². The van der Waals surface area contributed by atoms with Gasteiger partial charge in [-0.05, 0) is 24.3 Å². The Bertz CT molecular complexity index is 898. The molecule has 2 aromatic rings. The van der Waals surface area contributed by atoms with E-state index in [2.05, 4.69) is 10.3 Å². The first kappa shape index (κ1) is 20.3. The summed E-state index contributed by atoms with van der Waals surface area (Å²) in [7, 11) is -0.712. The van der Waals surface area contributed by atoms with E-state index in [1.807, 2.05) is 0 Å². The van der Waals surface area contributed by atoms with Crippen molar-refractivity contribution in [3.8, 4) is 5.75 Å². The second-order valence-corrected chi connectivity index (χ2v) is 8.02. The number of allylic oxidation sites excluding steroid dienone is 1. The van der Waals surface area contributed by atoms with Crippen molar-refractivity contribution in [3.05, 3.63) is 47.0 Å². The van der Waals surface area contributed by atoms with Crippen LogP contribution in [0.1, 0.15) is 5.69 Å². The van der Waals surface area contributed by atoms with E-state index in [-0.39, 0.29) is 29.6 Å². The molecule has 2 rings (SSSR count). The van der Waals surface area contributed by atoms with Crippen molar-refractivity contribution < 1.29 is 17.5 Å². The largest absolute Gasteiger partial charge is 0.486 e. The minimum absolute atomic E-state index is 0.0434. The molecule has 8 nitrogen and oxygen atoms in total. The maximum atomic E-state index is 13.4. The van der Waals surface area contributed by atoms with Crippen LogP contribution in [-0.2, 0) is 23.2 Å². The summed E-state index contributed by atoms with van der Waals surface area (Å²) in [6.45, 7) is 0.0817. The van der Waals surface area contributed by atoms with Crippen LogP contribution in [0.2, 0.25) is 5.02 Å². The number of ether oxygens (including phenoxy) is 1. The van der Waals surface area contributed by atoms with Gasteiger partial charge in [0.15, 0.2) is 0 Å². The van der Waals surface area contributed by atoms with Crippen LogP contribution < -0.4 is 10.5 Å². The number of hydrogen-bond acceptors (Lipinski definition) is 6. The van der Waals surface area contributed by atoms with Crippen molar-refractivity contribution in [1.82, 2.24) is 19.3 Å². The standard InChI is InChI=1S/C15H19ClFN5O3S/c1-21(2)26(23,24)13-3-4-15(14(16)7-13)25-10-12-9-22(20-19-12)8-11(17)5-6-18/h3-5,7,9H,6,8,10,18H2,1-2H3/b11-5-. The van der Waals surface area contributed by atoms with Gasteiger partial charge in [-0.3, -0.25) is 0 Å². The topological polar surface area (TPSA) is 103 Å². The molecule has 0 atom stereocenters. The summed E-state index contributed by atoms with van der Waals surface area (Å²) >= 11 is 6.10. The summed E-state index contributed by atoms with van der Waals surface area (Å²) in [6, 6.07) is 4.18. The monoisotopic (exact) mass is 403 g/mol. The molecule has 0 saturated heterocycles. The van der Waals surface area contributed by atoms with Crippen LogP contribution in [0.5, 0.6) is 5.75 Å². The lowest BCUT2D eigenvalue weighted by atomic mass is 10.3. The molecule has 2 N–H and O–H groups in total. The van der Waals surface area contributed by atoms with Gasteiger partial charge < -0.3 is 10.5 Å². The number of nitrogens with two attached hydrogens (primary N) is 1. The number of benzene rings is 1. The first-order valence-electron chi connectivity index (χ1n) is 7.52. The molecular formula is C15H19ClFN5O3S. The molecule has 1 heterocycles. The Kier molecular flexibility index (Phi) is 6.70. The fraction of sp³-hybridized carbons (Fsp3) is 0.333. The van der Waals surface area contributed by atoms with Crippen molar-refractivity contribution in [1.29, 1.82) is 0 Å². The predicted octanol–water partition coefficient (Wildman–Crippen LogP) is 1.57. The van der Waals surface area contributed by atoms with Crippen molar-refractivity contribution >= 4 is 21.6 Å². The van der Waals surface area contributed by atoms with Crippen LogP contribution in [0.3, 0.4) is 0 Å². The molecule has 11 heteroatoms. The van der Waals surface area contributed by atoms with Crippen LogP contribution in [0.4, 0.5) is 4.39 Å². The van der Waals surface area contributed by atoms with Crippen LogP contribution in [0.25, 0.3) is 0 Å². The van der Waals surface area contributed by atoms with Gasteiger partial charge in [0.05, 0.1) is 22.7 Å². The van der Waals surface area contributed by atoms with Crippen LogP contribution in [0, 0.1) is 0 Å². The Hall–Kier alpha value is -2.01. The molecule has 0 bridgehead atoms. The number of halogens is 2. The van der Waals surface area contributed by atoms with Gasteiger partial charge in [0, 0.05) is 20.6 Å². The molecular weight excluding hydrogens is 385 g/mol. The van der Waals surface area contributed by atoms with Crippen molar-refractivity contribution in [2.75, 3.05) is 20.6 Å². The lowest BCUT2D eigenvalue weighted by Crippen LogP contribution is -2.22. The smallest absolute Gasteiger partial charge is 0.242 e. The predicted molar refractivity (Wildman–Crippen MR) is 94.9 cm³/mol. The Labute approximate surface area is 156 Å². The Morgan fingerprint density at radius 1 is 1.46 bits per heavy atom. The van der Waals surface area contributed by atoms with Crippen molar-refractivity contribution in [2.24, 2.45) is 5.73 Å². The third-order valence-electron chi connectivity index (χ3n) is 3.30. The van der Waals surface area contributed by atoms with Gasteiger partial charge in [0.25, 0.3) is 0 Å². The minimum atomic E-state index is -3.58. The van der Waals surface area contributed by atoms with E-state index in [4.69, 9.17) is 22.1 Å². The second-order valence-electron chi connectivity index (χ2n) is 5.46. The van der Waals surface area contributed by atoms with E-state index >= 15 is 0 Å². The highest BCUT2D eigenvalue weighted by molar-refractivity contribution is 7.89. The Morgan fingerprint density at radius 2 is 2.19 bits per heavy atom. The number of rotatable bonds is 8. The van der Waals surface area contributed by atoms with E-state index in [0.29, 0.717) is 11.4 Å². The molecule has 1 aromatic heterocycles. The normalized spacial score (nSPS) is 12.6. The molecule has 26 heavy (non-hydrogen) atoms. The fourth-order valence-electron chi connectivity index (χ4n) is 1.95. The van der Waals surface area contributed by atoms with Crippen molar-refractivity contribution in [3.63, 3.8) is 0 Å². The second kappa shape index (κ2) is 8.58. The van der Waals surface area contributed by atoms with E-state index < -0.39 is 15.9 Å². The summed E-state index contributed by atoms with van der Waals surface area (Å²) < 4.78 is 45.5. The quantitative estimate of drug-likeness (QED) is 0.717. The molecule has 0 aliphatic heterocycles. The highest BCUT2D eigenvalue weighted by Gasteiger charge is 2.18. The highest BCUT2D eigenvalue weighted by atomic mass is 35.5.